The smallest absolute Gasteiger partial charge is 0.225 e. The highest BCUT2D eigenvalue weighted by molar-refractivity contribution is 5.92. The van der Waals surface area contributed by atoms with Gasteiger partial charge >= 0.3 is 0 Å². The monoisotopic (exact) mass is 246 g/mol. The highest BCUT2D eigenvalue weighted by Gasteiger charge is 2.29. The van der Waals surface area contributed by atoms with E-state index in [1.807, 2.05) is 13.8 Å². The molecule has 18 heavy (non-hydrogen) atoms. The van der Waals surface area contributed by atoms with Gasteiger partial charge in [0.05, 0.1) is 0 Å². The molecule has 1 aliphatic carbocycles. The van der Waals surface area contributed by atoms with Crippen LogP contribution in [0.3, 0.4) is 0 Å². The zero-order chi connectivity index (χ0) is 13.3. The standard InChI is InChI=1S/C15H22N2O/c1-9-6-10(2)15(11(3)7-9)17-14(18)8-13(16)12-4-5-12/h6-7,12-13H,4-5,8,16H2,1-3H3,(H,17,18). The van der Waals surface area contributed by atoms with Crippen LogP contribution >= 0.6 is 0 Å². The number of anilines is 1. The third-order valence-electron chi connectivity index (χ3n) is 3.59. The van der Waals surface area contributed by atoms with Crippen LogP contribution in [0.1, 0.15) is 36.0 Å². The van der Waals surface area contributed by atoms with Gasteiger partial charge in [-0.05, 0) is 50.7 Å². The molecule has 3 heteroatoms. The Labute approximate surface area is 109 Å². The molecule has 2 rings (SSSR count). The minimum Gasteiger partial charge on any atom is -0.327 e. The summed E-state index contributed by atoms with van der Waals surface area (Å²) in [6.07, 6.45) is 2.78. The van der Waals surface area contributed by atoms with E-state index >= 15 is 0 Å². The summed E-state index contributed by atoms with van der Waals surface area (Å²) in [5, 5.41) is 3.00. The van der Waals surface area contributed by atoms with Crippen molar-refractivity contribution in [1.29, 1.82) is 0 Å². The molecular weight excluding hydrogens is 224 g/mol. The SMILES string of the molecule is Cc1cc(C)c(NC(=O)CC(N)C2CC2)c(C)c1. The number of amides is 1. The van der Waals surface area contributed by atoms with E-state index in [1.165, 1.54) is 18.4 Å². The number of hydrogen-bond donors (Lipinski definition) is 2. The maximum Gasteiger partial charge on any atom is 0.225 e. The van der Waals surface area contributed by atoms with Gasteiger partial charge in [-0.2, -0.15) is 0 Å². The minimum atomic E-state index is 0.0241. The number of carbonyl (C=O) groups excluding carboxylic acids is 1. The van der Waals surface area contributed by atoms with Crippen molar-refractivity contribution in [3.8, 4) is 0 Å². The van der Waals surface area contributed by atoms with Gasteiger partial charge in [0.1, 0.15) is 0 Å². The van der Waals surface area contributed by atoms with Gasteiger partial charge < -0.3 is 11.1 Å². The molecule has 0 saturated heterocycles. The van der Waals surface area contributed by atoms with Gasteiger partial charge in [-0.25, -0.2) is 0 Å². The van der Waals surface area contributed by atoms with E-state index in [2.05, 4.69) is 24.4 Å². The second-order valence-electron chi connectivity index (χ2n) is 5.53. The molecule has 1 amide bonds. The van der Waals surface area contributed by atoms with Crippen LogP contribution in [0.4, 0.5) is 5.69 Å². The molecule has 1 fully saturated rings. The molecule has 0 heterocycles. The molecule has 1 aliphatic rings. The van der Waals surface area contributed by atoms with Gasteiger partial charge in [0.25, 0.3) is 0 Å². The van der Waals surface area contributed by atoms with Gasteiger partial charge in [-0.15, -0.1) is 0 Å². The third kappa shape index (κ3) is 3.10. The van der Waals surface area contributed by atoms with Gasteiger partial charge in [0.15, 0.2) is 0 Å². The maximum atomic E-state index is 12.0. The molecule has 1 atom stereocenters. The fourth-order valence-corrected chi connectivity index (χ4v) is 2.47. The molecule has 3 nitrogen and oxygen atoms in total. The average Bonchev–Trinajstić information content (AvgIpc) is 3.06. The lowest BCUT2D eigenvalue weighted by Crippen LogP contribution is -2.29. The quantitative estimate of drug-likeness (QED) is 0.858. The largest absolute Gasteiger partial charge is 0.327 e. The molecule has 0 aliphatic heterocycles. The highest BCUT2D eigenvalue weighted by atomic mass is 16.1. The van der Waals surface area contributed by atoms with Gasteiger partial charge in [-0.3, -0.25) is 4.79 Å². The Hall–Kier alpha value is -1.35. The number of nitrogens with two attached hydrogens (primary N) is 1. The second kappa shape index (κ2) is 5.11. The van der Waals surface area contributed by atoms with E-state index in [-0.39, 0.29) is 11.9 Å². The van der Waals surface area contributed by atoms with Crippen molar-refractivity contribution in [3.63, 3.8) is 0 Å². The summed E-state index contributed by atoms with van der Waals surface area (Å²) in [5.74, 6) is 0.598. The molecule has 0 bridgehead atoms. The first kappa shape index (κ1) is 13.1. The number of benzene rings is 1. The van der Waals surface area contributed by atoms with E-state index in [9.17, 15) is 4.79 Å². The van der Waals surface area contributed by atoms with Gasteiger partial charge in [0, 0.05) is 18.2 Å². The van der Waals surface area contributed by atoms with Crippen molar-refractivity contribution in [2.45, 2.75) is 46.1 Å². The Morgan fingerprint density at radius 3 is 2.39 bits per heavy atom. The molecule has 1 aromatic rings. The molecule has 1 aromatic carbocycles. The van der Waals surface area contributed by atoms with Crippen LogP contribution in [-0.4, -0.2) is 11.9 Å². The first-order valence-corrected chi connectivity index (χ1v) is 6.60. The normalized spacial score (nSPS) is 16.4. The van der Waals surface area contributed by atoms with Crippen LogP contribution in [0.2, 0.25) is 0 Å². The molecular formula is C15H22N2O. The first-order valence-electron chi connectivity index (χ1n) is 6.60. The second-order valence-corrected chi connectivity index (χ2v) is 5.53. The first-order chi connectivity index (χ1) is 8.47. The fraction of sp³-hybridized carbons (Fsp3) is 0.533. The molecule has 0 spiro atoms. The van der Waals surface area contributed by atoms with Crippen molar-refractivity contribution in [2.24, 2.45) is 11.7 Å². The molecule has 1 saturated carbocycles. The number of nitrogens with one attached hydrogen (secondary N) is 1. The molecule has 1 unspecified atom stereocenters. The number of rotatable bonds is 4. The van der Waals surface area contributed by atoms with Gasteiger partial charge in [0.2, 0.25) is 5.91 Å². The Morgan fingerprint density at radius 1 is 1.33 bits per heavy atom. The van der Waals surface area contributed by atoms with Crippen molar-refractivity contribution in [2.75, 3.05) is 5.32 Å². The van der Waals surface area contributed by atoms with Crippen molar-refractivity contribution in [1.82, 2.24) is 0 Å². The fourth-order valence-electron chi connectivity index (χ4n) is 2.47. The van der Waals surface area contributed by atoms with E-state index < -0.39 is 0 Å². The summed E-state index contributed by atoms with van der Waals surface area (Å²) in [4.78, 5) is 12.0. The van der Waals surface area contributed by atoms with Crippen LogP contribution in [0.5, 0.6) is 0 Å². The maximum absolute atomic E-state index is 12.0. The summed E-state index contributed by atoms with van der Waals surface area (Å²) in [5.41, 5.74) is 10.4. The molecule has 3 N–H and O–H groups in total. The summed E-state index contributed by atoms with van der Waals surface area (Å²) < 4.78 is 0. The molecule has 0 aromatic heterocycles. The van der Waals surface area contributed by atoms with Crippen LogP contribution in [0.25, 0.3) is 0 Å². The zero-order valence-electron chi connectivity index (χ0n) is 11.4. The lowest BCUT2D eigenvalue weighted by Gasteiger charge is -2.15. The van der Waals surface area contributed by atoms with Crippen molar-refractivity contribution < 1.29 is 4.79 Å². The number of hydrogen-bond acceptors (Lipinski definition) is 2. The van der Waals surface area contributed by atoms with Crippen molar-refractivity contribution in [3.05, 3.63) is 28.8 Å². The highest BCUT2D eigenvalue weighted by Crippen LogP contribution is 2.33. The Balaban J connectivity index is 2.02. The van der Waals surface area contributed by atoms with Crippen molar-refractivity contribution >= 4 is 11.6 Å². The summed E-state index contributed by atoms with van der Waals surface area (Å²) in [6, 6.07) is 4.20. The Morgan fingerprint density at radius 2 is 1.89 bits per heavy atom. The molecule has 0 radical (unpaired) electrons. The third-order valence-corrected chi connectivity index (χ3v) is 3.59. The van der Waals surface area contributed by atoms with Crippen LogP contribution in [-0.2, 0) is 4.79 Å². The predicted molar refractivity (Wildman–Crippen MR) is 74.6 cm³/mol. The molecule has 98 valence electrons. The Bertz CT molecular complexity index is 441. The topological polar surface area (TPSA) is 55.1 Å². The summed E-state index contributed by atoms with van der Waals surface area (Å²) in [6.45, 7) is 6.11. The number of aryl methyl sites for hydroxylation is 3. The van der Waals surface area contributed by atoms with E-state index in [1.54, 1.807) is 0 Å². The van der Waals surface area contributed by atoms with Crippen LogP contribution in [0, 0.1) is 26.7 Å². The van der Waals surface area contributed by atoms with E-state index in [0.29, 0.717) is 12.3 Å². The Kier molecular flexibility index (Phi) is 3.71. The summed E-state index contributed by atoms with van der Waals surface area (Å²) >= 11 is 0. The average molecular weight is 246 g/mol. The summed E-state index contributed by atoms with van der Waals surface area (Å²) in [7, 11) is 0. The number of carbonyl (C=O) groups is 1. The van der Waals surface area contributed by atoms with Crippen LogP contribution < -0.4 is 11.1 Å². The van der Waals surface area contributed by atoms with E-state index in [0.717, 1.165) is 16.8 Å². The van der Waals surface area contributed by atoms with Gasteiger partial charge in [-0.1, -0.05) is 17.7 Å². The minimum absolute atomic E-state index is 0.0241. The lowest BCUT2D eigenvalue weighted by molar-refractivity contribution is -0.116. The van der Waals surface area contributed by atoms with E-state index in [4.69, 9.17) is 5.73 Å². The zero-order valence-corrected chi connectivity index (χ0v) is 11.4. The predicted octanol–water partition coefficient (Wildman–Crippen LogP) is 2.68. The van der Waals surface area contributed by atoms with Crippen LogP contribution in [0.15, 0.2) is 12.1 Å². The lowest BCUT2D eigenvalue weighted by atomic mass is 10.0.